The molecular weight excluding hydrogens is 328 g/mol. The Morgan fingerprint density at radius 2 is 2.00 bits per heavy atom. The van der Waals surface area contributed by atoms with Gasteiger partial charge in [0.25, 0.3) is 0 Å². The maximum atomic E-state index is 12.8. The smallest absolute Gasteiger partial charge is 0.243 e. The molecule has 5 nitrogen and oxygen atoms in total. The van der Waals surface area contributed by atoms with E-state index in [0.717, 1.165) is 31.2 Å². The predicted octanol–water partition coefficient (Wildman–Crippen LogP) is 2.54. The molecule has 0 bridgehead atoms. The molecule has 2 amide bonds. The van der Waals surface area contributed by atoms with E-state index in [9.17, 15) is 9.59 Å². The Balaban J connectivity index is 1.57. The molecule has 0 saturated carbocycles. The van der Waals surface area contributed by atoms with E-state index < -0.39 is 0 Å². The normalized spacial score (nSPS) is 26.1. The van der Waals surface area contributed by atoms with Gasteiger partial charge in [-0.05, 0) is 37.2 Å². The number of hydrogen-bond acceptors (Lipinski definition) is 3. The van der Waals surface area contributed by atoms with E-state index in [1.165, 1.54) is 0 Å². The highest BCUT2D eigenvalue weighted by Crippen LogP contribution is 2.23. The van der Waals surface area contributed by atoms with E-state index >= 15 is 0 Å². The van der Waals surface area contributed by atoms with Crippen LogP contribution in [0.5, 0.6) is 0 Å². The number of amides is 2. The second-order valence-corrected chi connectivity index (χ2v) is 7.79. The highest BCUT2D eigenvalue weighted by molar-refractivity contribution is 5.89. The number of nitrogens with zero attached hydrogens (tertiary/aromatic N) is 1. The summed E-state index contributed by atoms with van der Waals surface area (Å²) in [5.41, 5.74) is 0.993. The van der Waals surface area contributed by atoms with Gasteiger partial charge in [-0.25, -0.2) is 0 Å². The first-order valence-electron chi connectivity index (χ1n) is 9.80. The van der Waals surface area contributed by atoms with Gasteiger partial charge >= 0.3 is 0 Å². The molecule has 2 saturated heterocycles. The topological polar surface area (TPSA) is 58.6 Å². The number of ether oxygens (including phenoxy) is 1. The van der Waals surface area contributed by atoms with Gasteiger partial charge in [-0.1, -0.05) is 44.2 Å². The van der Waals surface area contributed by atoms with Crippen LogP contribution in [0.1, 0.15) is 45.1 Å². The molecule has 3 rings (SSSR count). The van der Waals surface area contributed by atoms with Gasteiger partial charge in [0.05, 0.1) is 12.5 Å². The lowest BCUT2D eigenvalue weighted by Gasteiger charge is -2.33. The van der Waals surface area contributed by atoms with E-state index in [2.05, 4.69) is 19.2 Å². The molecule has 142 valence electrons. The zero-order valence-electron chi connectivity index (χ0n) is 15.8. The van der Waals surface area contributed by atoms with E-state index in [0.29, 0.717) is 25.5 Å². The SMILES string of the molecule is CC(C)C1CC(NC(=O)C2CCCN2C(=O)Cc2ccccc2)CCO1. The molecule has 3 unspecified atom stereocenters. The number of hydrogen-bond donors (Lipinski definition) is 1. The average molecular weight is 358 g/mol. The Hall–Kier alpha value is -1.88. The minimum atomic E-state index is -0.327. The summed E-state index contributed by atoms with van der Waals surface area (Å²) < 4.78 is 5.79. The van der Waals surface area contributed by atoms with Gasteiger partial charge in [-0.2, -0.15) is 0 Å². The first kappa shape index (κ1) is 18.9. The van der Waals surface area contributed by atoms with Crippen LogP contribution in [-0.4, -0.2) is 48.1 Å². The monoisotopic (exact) mass is 358 g/mol. The fourth-order valence-corrected chi connectivity index (χ4v) is 3.93. The van der Waals surface area contributed by atoms with Gasteiger partial charge in [-0.3, -0.25) is 9.59 Å². The lowest BCUT2D eigenvalue weighted by molar-refractivity contribution is -0.138. The van der Waals surface area contributed by atoms with Crippen molar-refractivity contribution in [2.45, 2.75) is 64.1 Å². The molecule has 0 spiro atoms. The first-order valence-corrected chi connectivity index (χ1v) is 9.80. The molecular formula is C21H30N2O3. The molecule has 1 aromatic rings. The van der Waals surface area contributed by atoms with Crippen molar-refractivity contribution in [2.24, 2.45) is 5.92 Å². The summed E-state index contributed by atoms with van der Waals surface area (Å²) in [5.74, 6) is 0.490. The summed E-state index contributed by atoms with van der Waals surface area (Å²) in [6.07, 6.45) is 3.91. The summed E-state index contributed by atoms with van der Waals surface area (Å²) >= 11 is 0. The van der Waals surface area contributed by atoms with Gasteiger partial charge in [0.15, 0.2) is 0 Å². The second-order valence-electron chi connectivity index (χ2n) is 7.79. The van der Waals surface area contributed by atoms with Crippen molar-refractivity contribution in [1.82, 2.24) is 10.2 Å². The standard InChI is InChI=1S/C21H30N2O3/c1-15(2)19-14-17(10-12-26-19)22-21(25)18-9-6-11-23(18)20(24)13-16-7-4-3-5-8-16/h3-5,7-8,15,17-19H,6,9-14H2,1-2H3,(H,22,25). The summed E-state index contributed by atoms with van der Waals surface area (Å²) in [6, 6.07) is 9.55. The second kappa shape index (κ2) is 8.67. The van der Waals surface area contributed by atoms with Crippen LogP contribution in [-0.2, 0) is 20.7 Å². The quantitative estimate of drug-likeness (QED) is 0.880. The Morgan fingerprint density at radius 3 is 2.73 bits per heavy atom. The first-order chi connectivity index (χ1) is 12.5. The largest absolute Gasteiger partial charge is 0.378 e. The number of carbonyl (C=O) groups is 2. The number of likely N-dealkylation sites (tertiary alicyclic amines) is 1. The Kier molecular flexibility index (Phi) is 6.30. The van der Waals surface area contributed by atoms with Crippen molar-refractivity contribution in [2.75, 3.05) is 13.2 Å². The summed E-state index contributed by atoms with van der Waals surface area (Å²) in [6.45, 7) is 5.66. The minimum Gasteiger partial charge on any atom is -0.378 e. The highest BCUT2D eigenvalue weighted by Gasteiger charge is 2.35. The summed E-state index contributed by atoms with van der Waals surface area (Å²) in [4.78, 5) is 27.3. The van der Waals surface area contributed by atoms with Gasteiger partial charge in [0, 0.05) is 19.2 Å². The molecule has 2 heterocycles. The fourth-order valence-electron chi connectivity index (χ4n) is 3.93. The lowest BCUT2D eigenvalue weighted by Crippen LogP contribution is -2.51. The Labute approximate surface area is 156 Å². The molecule has 5 heteroatoms. The molecule has 0 radical (unpaired) electrons. The van der Waals surface area contributed by atoms with Crippen LogP contribution in [0.2, 0.25) is 0 Å². The molecule has 2 aliphatic heterocycles. The Bertz CT molecular complexity index is 617. The van der Waals surface area contributed by atoms with E-state index in [4.69, 9.17) is 4.74 Å². The van der Waals surface area contributed by atoms with Crippen LogP contribution in [0.15, 0.2) is 30.3 Å². The number of carbonyl (C=O) groups excluding carboxylic acids is 2. The number of benzene rings is 1. The molecule has 1 aromatic carbocycles. The van der Waals surface area contributed by atoms with Crippen LogP contribution in [0, 0.1) is 5.92 Å². The molecule has 0 aromatic heterocycles. The summed E-state index contributed by atoms with van der Waals surface area (Å²) in [7, 11) is 0. The van der Waals surface area contributed by atoms with E-state index in [-0.39, 0.29) is 30.0 Å². The third kappa shape index (κ3) is 4.64. The van der Waals surface area contributed by atoms with Crippen molar-refractivity contribution in [3.05, 3.63) is 35.9 Å². The maximum absolute atomic E-state index is 12.8. The zero-order valence-corrected chi connectivity index (χ0v) is 15.8. The van der Waals surface area contributed by atoms with Crippen molar-refractivity contribution in [1.29, 1.82) is 0 Å². The third-order valence-corrected chi connectivity index (χ3v) is 5.48. The van der Waals surface area contributed by atoms with Gasteiger partial charge < -0.3 is 15.0 Å². The summed E-state index contributed by atoms with van der Waals surface area (Å²) in [5, 5.41) is 3.18. The van der Waals surface area contributed by atoms with Crippen LogP contribution < -0.4 is 5.32 Å². The molecule has 0 aliphatic carbocycles. The van der Waals surface area contributed by atoms with Crippen molar-refractivity contribution in [3.8, 4) is 0 Å². The van der Waals surface area contributed by atoms with Crippen LogP contribution in [0.3, 0.4) is 0 Å². The molecule has 2 aliphatic rings. The zero-order chi connectivity index (χ0) is 18.5. The van der Waals surface area contributed by atoms with E-state index in [1.807, 2.05) is 30.3 Å². The average Bonchev–Trinajstić information content (AvgIpc) is 3.13. The van der Waals surface area contributed by atoms with Crippen molar-refractivity contribution in [3.63, 3.8) is 0 Å². The van der Waals surface area contributed by atoms with Crippen LogP contribution in [0.25, 0.3) is 0 Å². The molecule has 1 N–H and O–H groups in total. The lowest BCUT2D eigenvalue weighted by atomic mass is 9.95. The number of nitrogens with one attached hydrogen (secondary N) is 1. The van der Waals surface area contributed by atoms with Gasteiger partial charge in [0.1, 0.15) is 6.04 Å². The van der Waals surface area contributed by atoms with Crippen molar-refractivity contribution >= 4 is 11.8 Å². The van der Waals surface area contributed by atoms with E-state index in [1.54, 1.807) is 4.90 Å². The molecule has 3 atom stereocenters. The van der Waals surface area contributed by atoms with Gasteiger partial charge in [0.2, 0.25) is 11.8 Å². The van der Waals surface area contributed by atoms with Crippen LogP contribution in [0.4, 0.5) is 0 Å². The van der Waals surface area contributed by atoms with Crippen molar-refractivity contribution < 1.29 is 14.3 Å². The van der Waals surface area contributed by atoms with Crippen LogP contribution >= 0.6 is 0 Å². The highest BCUT2D eigenvalue weighted by atomic mass is 16.5. The predicted molar refractivity (Wildman–Crippen MR) is 101 cm³/mol. The van der Waals surface area contributed by atoms with Gasteiger partial charge in [-0.15, -0.1) is 0 Å². The third-order valence-electron chi connectivity index (χ3n) is 5.48. The fraction of sp³-hybridized carbons (Fsp3) is 0.619. The number of rotatable bonds is 5. The maximum Gasteiger partial charge on any atom is 0.243 e. The minimum absolute atomic E-state index is 0.00156. The Morgan fingerprint density at radius 1 is 1.23 bits per heavy atom. The molecule has 2 fully saturated rings. The molecule has 26 heavy (non-hydrogen) atoms.